The van der Waals surface area contributed by atoms with Crippen molar-refractivity contribution in [2.75, 3.05) is 0 Å². The monoisotopic (exact) mass is 123 g/mol. The SMILES string of the molecule is [B]C1CCC(=O)NC1=O. The van der Waals surface area contributed by atoms with Gasteiger partial charge in [-0.3, -0.25) is 14.9 Å². The zero-order valence-corrected chi connectivity index (χ0v) is 4.89. The van der Waals surface area contributed by atoms with Gasteiger partial charge in [0.2, 0.25) is 11.8 Å². The standard InChI is InChI=1S/C5H6BNO2/c6-3-1-2-4(8)7-5(3)9/h3H,1-2H2,(H,7,8,9). The summed E-state index contributed by atoms with van der Waals surface area (Å²) in [5.74, 6) is -1.06. The molecule has 1 atom stereocenters. The highest BCUT2D eigenvalue weighted by Crippen LogP contribution is 2.12. The van der Waals surface area contributed by atoms with Gasteiger partial charge in [0.05, 0.1) is 7.85 Å². The third-order valence-electron chi connectivity index (χ3n) is 1.28. The summed E-state index contributed by atoms with van der Waals surface area (Å²) in [6.07, 6.45) is 0.845. The van der Waals surface area contributed by atoms with Crippen molar-refractivity contribution in [3.05, 3.63) is 0 Å². The van der Waals surface area contributed by atoms with E-state index in [1.54, 1.807) is 0 Å². The number of carbonyl (C=O) groups is 2. The molecule has 1 aliphatic rings. The predicted octanol–water partition coefficient (Wildman–Crippen LogP) is -0.620. The summed E-state index contributed by atoms with van der Waals surface area (Å²) in [6, 6.07) is 0. The van der Waals surface area contributed by atoms with Crippen molar-refractivity contribution < 1.29 is 9.59 Å². The molecule has 1 heterocycles. The van der Waals surface area contributed by atoms with Crippen LogP contribution in [-0.4, -0.2) is 19.7 Å². The summed E-state index contributed by atoms with van der Waals surface area (Å²) < 4.78 is 0. The molecule has 2 amide bonds. The lowest BCUT2D eigenvalue weighted by Gasteiger charge is -2.16. The van der Waals surface area contributed by atoms with Crippen LogP contribution in [0.4, 0.5) is 0 Å². The Labute approximate surface area is 54.2 Å². The minimum atomic E-state index is -0.484. The maximum atomic E-state index is 10.5. The highest BCUT2D eigenvalue weighted by atomic mass is 16.2. The molecule has 0 aromatic carbocycles. The fourth-order valence-corrected chi connectivity index (χ4v) is 0.710. The van der Waals surface area contributed by atoms with E-state index in [4.69, 9.17) is 7.85 Å². The lowest BCUT2D eigenvalue weighted by Crippen LogP contribution is -2.38. The second-order valence-electron chi connectivity index (χ2n) is 2.06. The molecule has 0 bridgehead atoms. The lowest BCUT2D eigenvalue weighted by atomic mass is 9.81. The van der Waals surface area contributed by atoms with Gasteiger partial charge in [0.1, 0.15) is 0 Å². The number of hydrogen-bond donors (Lipinski definition) is 1. The van der Waals surface area contributed by atoms with Crippen molar-refractivity contribution in [2.45, 2.75) is 18.7 Å². The molecule has 1 unspecified atom stereocenters. The van der Waals surface area contributed by atoms with Crippen LogP contribution < -0.4 is 5.32 Å². The fraction of sp³-hybridized carbons (Fsp3) is 0.600. The molecular weight excluding hydrogens is 117 g/mol. The molecule has 4 heteroatoms. The number of hydrogen-bond acceptors (Lipinski definition) is 2. The molecule has 3 nitrogen and oxygen atoms in total. The summed E-state index contributed by atoms with van der Waals surface area (Å²) in [6.45, 7) is 0. The van der Waals surface area contributed by atoms with E-state index in [0.29, 0.717) is 12.8 Å². The lowest BCUT2D eigenvalue weighted by molar-refractivity contribution is -0.132. The Hall–Kier alpha value is -0.795. The molecule has 1 aliphatic heterocycles. The molecule has 1 rings (SSSR count). The second-order valence-corrected chi connectivity index (χ2v) is 2.06. The number of nitrogens with one attached hydrogen (secondary N) is 1. The van der Waals surface area contributed by atoms with E-state index in [9.17, 15) is 9.59 Å². The van der Waals surface area contributed by atoms with Crippen LogP contribution in [0.2, 0.25) is 5.82 Å². The molecule has 2 radical (unpaired) electrons. The minimum Gasteiger partial charge on any atom is -0.297 e. The molecule has 1 N–H and O–H groups in total. The second kappa shape index (κ2) is 2.21. The van der Waals surface area contributed by atoms with E-state index in [-0.39, 0.29) is 11.8 Å². The fourth-order valence-electron chi connectivity index (χ4n) is 0.710. The van der Waals surface area contributed by atoms with Crippen molar-refractivity contribution in [2.24, 2.45) is 0 Å². The van der Waals surface area contributed by atoms with E-state index in [1.807, 2.05) is 0 Å². The van der Waals surface area contributed by atoms with Gasteiger partial charge in [0.25, 0.3) is 0 Å². The zero-order valence-electron chi connectivity index (χ0n) is 4.89. The number of piperidine rings is 1. The predicted molar refractivity (Wildman–Crippen MR) is 31.9 cm³/mol. The van der Waals surface area contributed by atoms with Crippen molar-refractivity contribution in [3.63, 3.8) is 0 Å². The number of carbonyl (C=O) groups excluding carboxylic acids is 2. The molecule has 9 heavy (non-hydrogen) atoms. The first-order valence-corrected chi connectivity index (χ1v) is 2.79. The van der Waals surface area contributed by atoms with Crippen LogP contribution in [0.5, 0.6) is 0 Å². The van der Waals surface area contributed by atoms with Gasteiger partial charge >= 0.3 is 0 Å². The molecule has 0 aromatic rings. The Kier molecular flexibility index (Phi) is 1.55. The van der Waals surface area contributed by atoms with Crippen molar-refractivity contribution >= 4 is 19.7 Å². The molecule has 0 saturated carbocycles. The van der Waals surface area contributed by atoms with E-state index >= 15 is 0 Å². The topological polar surface area (TPSA) is 46.2 Å². The van der Waals surface area contributed by atoms with E-state index in [2.05, 4.69) is 5.32 Å². The van der Waals surface area contributed by atoms with Gasteiger partial charge in [-0.15, -0.1) is 0 Å². The van der Waals surface area contributed by atoms with Gasteiger partial charge in [-0.05, 0) is 6.42 Å². The highest BCUT2D eigenvalue weighted by Gasteiger charge is 2.21. The summed E-state index contributed by atoms with van der Waals surface area (Å²) in [5.41, 5.74) is 0. The normalized spacial score (nSPS) is 27.8. The summed E-state index contributed by atoms with van der Waals surface area (Å²) >= 11 is 0. The van der Waals surface area contributed by atoms with Gasteiger partial charge in [-0.25, -0.2) is 0 Å². The Balaban J connectivity index is 2.54. The highest BCUT2D eigenvalue weighted by molar-refractivity contribution is 6.26. The average molecular weight is 123 g/mol. The summed E-state index contributed by atoms with van der Waals surface area (Å²) in [4.78, 5) is 21.0. The quantitative estimate of drug-likeness (QED) is 0.344. The van der Waals surface area contributed by atoms with Gasteiger partial charge in [-0.2, -0.15) is 0 Å². The number of amides is 2. The third-order valence-corrected chi connectivity index (χ3v) is 1.28. The van der Waals surface area contributed by atoms with Gasteiger partial charge in [0.15, 0.2) is 0 Å². The molecule has 1 saturated heterocycles. The summed E-state index contributed by atoms with van der Waals surface area (Å²) in [7, 11) is 5.28. The average Bonchev–Trinajstić information content (AvgIpc) is 1.80. The van der Waals surface area contributed by atoms with Crippen LogP contribution in [0, 0.1) is 0 Å². The zero-order chi connectivity index (χ0) is 6.85. The largest absolute Gasteiger partial charge is 0.297 e. The van der Waals surface area contributed by atoms with Crippen LogP contribution in [0.1, 0.15) is 12.8 Å². The number of rotatable bonds is 0. The van der Waals surface area contributed by atoms with Crippen molar-refractivity contribution in [3.8, 4) is 0 Å². The molecule has 1 fully saturated rings. The van der Waals surface area contributed by atoms with Gasteiger partial charge in [-0.1, -0.05) is 0 Å². The van der Waals surface area contributed by atoms with Gasteiger partial charge in [0, 0.05) is 12.2 Å². The maximum absolute atomic E-state index is 10.5. The first kappa shape index (κ1) is 6.33. The first-order valence-electron chi connectivity index (χ1n) is 2.79. The van der Waals surface area contributed by atoms with Crippen molar-refractivity contribution in [1.82, 2.24) is 5.32 Å². The van der Waals surface area contributed by atoms with E-state index < -0.39 is 5.82 Å². The van der Waals surface area contributed by atoms with Crippen LogP contribution in [0.25, 0.3) is 0 Å². The van der Waals surface area contributed by atoms with E-state index in [0.717, 1.165) is 0 Å². The minimum absolute atomic E-state index is 0.221. The number of imide groups is 1. The van der Waals surface area contributed by atoms with Crippen molar-refractivity contribution in [1.29, 1.82) is 0 Å². The van der Waals surface area contributed by atoms with Crippen LogP contribution >= 0.6 is 0 Å². The molecule has 0 spiro atoms. The maximum Gasteiger partial charge on any atom is 0.226 e. The Bertz CT molecular complexity index is 157. The molecular formula is C5H6BNO2. The third kappa shape index (κ3) is 1.31. The van der Waals surface area contributed by atoms with E-state index in [1.165, 1.54) is 0 Å². The first-order chi connectivity index (χ1) is 4.20. The Morgan fingerprint density at radius 2 is 2.22 bits per heavy atom. The Morgan fingerprint density at radius 3 is 2.67 bits per heavy atom. The Morgan fingerprint density at radius 1 is 1.56 bits per heavy atom. The van der Waals surface area contributed by atoms with Crippen LogP contribution in [0.3, 0.4) is 0 Å². The van der Waals surface area contributed by atoms with Crippen LogP contribution in [-0.2, 0) is 9.59 Å². The molecule has 0 aromatic heterocycles. The van der Waals surface area contributed by atoms with Crippen LogP contribution in [0.15, 0.2) is 0 Å². The molecule has 46 valence electrons. The molecule has 0 aliphatic carbocycles. The van der Waals surface area contributed by atoms with Gasteiger partial charge < -0.3 is 0 Å². The smallest absolute Gasteiger partial charge is 0.226 e. The summed E-state index contributed by atoms with van der Waals surface area (Å²) in [5, 5.41) is 2.13.